The average molecular weight is 281 g/mol. The molecule has 2 rings (SSSR count). The molecule has 1 saturated heterocycles. The maximum Gasteiger partial charge on any atom is 0.310 e. The van der Waals surface area contributed by atoms with Gasteiger partial charge in [0.05, 0.1) is 5.41 Å². The zero-order chi connectivity index (χ0) is 15.0. The van der Waals surface area contributed by atoms with Gasteiger partial charge in [0.1, 0.15) is 0 Å². The maximum atomic E-state index is 11.5. The lowest BCUT2D eigenvalue weighted by Crippen LogP contribution is -2.51. The molecule has 0 radical (unpaired) electrons. The van der Waals surface area contributed by atoms with Gasteiger partial charge in [-0.2, -0.15) is 0 Å². The third-order valence-corrected chi connectivity index (χ3v) is 5.68. The predicted molar refractivity (Wildman–Crippen MR) is 81.8 cm³/mol. The maximum absolute atomic E-state index is 11.5. The van der Waals surface area contributed by atoms with Crippen LogP contribution in [0.3, 0.4) is 0 Å². The first kappa shape index (κ1) is 15.8. The second-order valence-corrected chi connectivity index (χ2v) is 8.31. The van der Waals surface area contributed by atoms with Crippen molar-refractivity contribution in [3.8, 4) is 0 Å². The minimum atomic E-state index is -0.620. The second-order valence-electron chi connectivity index (χ2n) is 8.31. The zero-order valence-corrected chi connectivity index (χ0v) is 13.6. The Bertz CT molecular complexity index is 352. The van der Waals surface area contributed by atoms with Gasteiger partial charge in [0.25, 0.3) is 0 Å². The van der Waals surface area contributed by atoms with Crippen molar-refractivity contribution < 1.29 is 9.90 Å². The second kappa shape index (κ2) is 5.67. The Labute approximate surface area is 123 Å². The molecule has 1 heterocycles. The first-order valence-electron chi connectivity index (χ1n) is 8.20. The molecule has 0 spiro atoms. The summed E-state index contributed by atoms with van der Waals surface area (Å²) in [7, 11) is 0. The summed E-state index contributed by atoms with van der Waals surface area (Å²) in [4.78, 5) is 13.9. The van der Waals surface area contributed by atoms with E-state index >= 15 is 0 Å². The van der Waals surface area contributed by atoms with Gasteiger partial charge >= 0.3 is 5.97 Å². The SMILES string of the molecule is CC1(C(=O)O)CCCN(C2CCC(C(C)(C)C)CC2)C1. The van der Waals surface area contributed by atoms with E-state index < -0.39 is 11.4 Å². The van der Waals surface area contributed by atoms with Crippen LogP contribution in [0.15, 0.2) is 0 Å². The number of hydrogen-bond acceptors (Lipinski definition) is 2. The predicted octanol–water partition coefficient (Wildman–Crippen LogP) is 3.78. The van der Waals surface area contributed by atoms with Crippen LogP contribution < -0.4 is 0 Å². The van der Waals surface area contributed by atoms with Crippen molar-refractivity contribution in [2.45, 2.75) is 72.3 Å². The van der Waals surface area contributed by atoms with Crippen LogP contribution in [0, 0.1) is 16.7 Å². The van der Waals surface area contributed by atoms with Crippen molar-refractivity contribution in [3.63, 3.8) is 0 Å². The summed E-state index contributed by atoms with van der Waals surface area (Å²) >= 11 is 0. The Kier molecular flexibility index (Phi) is 4.48. The highest BCUT2D eigenvalue weighted by atomic mass is 16.4. The number of carbonyl (C=O) groups is 1. The van der Waals surface area contributed by atoms with Crippen molar-refractivity contribution >= 4 is 5.97 Å². The van der Waals surface area contributed by atoms with E-state index in [0.717, 1.165) is 31.8 Å². The quantitative estimate of drug-likeness (QED) is 0.837. The molecule has 3 nitrogen and oxygen atoms in total. The molecule has 1 N–H and O–H groups in total. The summed E-state index contributed by atoms with van der Waals surface area (Å²) in [6, 6.07) is 0.618. The number of piperidine rings is 1. The fourth-order valence-electron chi connectivity index (χ4n) is 4.07. The smallest absolute Gasteiger partial charge is 0.310 e. The van der Waals surface area contributed by atoms with Crippen molar-refractivity contribution in [2.75, 3.05) is 13.1 Å². The Balaban J connectivity index is 1.92. The molecular formula is C17H31NO2. The van der Waals surface area contributed by atoms with Gasteiger partial charge in [-0.25, -0.2) is 0 Å². The van der Waals surface area contributed by atoms with Gasteiger partial charge in [0.15, 0.2) is 0 Å². The number of carboxylic acid groups (broad SMARTS) is 1. The summed E-state index contributed by atoms with van der Waals surface area (Å²) in [5.74, 6) is 0.208. The highest BCUT2D eigenvalue weighted by Crippen LogP contribution is 2.40. The lowest BCUT2D eigenvalue weighted by molar-refractivity contribution is -0.152. The molecule has 0 aromatic carbocycles. The summed E-state index contributed by atoms with van der Waals surface area (Å²) in [5, 5.41) is 9.44. The molecule has 1 saturated carbocycles. The van der Waals surface area contributed by atoms with E-state index in [1.165, 1.54) is 25.7 Å². The van der Waals surface area contributed by atoms with Crippen molar-refractivity contribution in [1.29, 1.82) is 0 Å². The molecule has 1 aliphatic carbocycles. The van der Waals surface area contributed by atoms with Crippen LogP contribution in [0.25, 0.3) is 0 Å². The summed E-state index contributed by atoms with van der Waals surface area (Å²) < 4.78 is 0. The van der Waals surface area contributed by atoms with Crippen molar-refractivity contribution in [3.05, 3.63) is 0 Å². The van der Waals surface area contributed by atoms with E-state index in [-0.39, 0.29) is 0 Å². The van der Waals surface area contributed by atoms with E-state index in [9.17, 15) is 9.90 Å². The molecule has 116 valence electrons. The molecule has 1 aliphatic heterocycles. The zero-order valence-electron chi connectivity index (χ0n) is 13.6. The molecule has 0 aromatic heterocycles. The Morgan fingerprint density at radius 2 is 1.80 bits per heavy atom. The number of hydrogen-bond donors (Lipinski definition) is 1. The topological polar surface area (TPSA) is 40.5 Å². The summed E-state index contributed by atoms with van der Waals surface area (Å²) in [6.07, 6.45) is 6.95. The van der Waals surface area contributed by atoms with Gasteiger partial charge in [-0.3, -0.25) is 9.69 Å². The van der Waals surface area contributed by atoms with E-state index in [0.29, 0.717) is 11.5 Å². The first-order chi connectivity index (χ1) is 9.22. The van der Waals surface area contributed by atoms with Crippen LogP contribution in [0.1, 0.15) is 66.2 Å². The molecule has 2 fully saturated rings. The molecule has 0 aromatic rings. The van der Waals surface area contributed by atoms with E-state index in [2.05, 4.69) is 25.7 Å². The molecule has 0 bridgehead atoms. The fraction of sp³-hybridized carbons (Fsp3) is 0.941. The largest absolute Gasteiger partial charge is 0.481 e. The molecule has 1 atom stereocenters. The number of nitrogens with zero attached hydrogens (tertiary/aromatic N) is 1. The third kappa shape index (κ3) is 3.36. The molecule has 3 heteroatoms. The van der Waals surface area contributed by atoms with Gasteiger partial charge < -0.3 is 5.11 Å². The van der Waals surface area contributed by atoms with Gasteiger partial charge in [0.2, 0.25) is 0 Å². The highest BCUT2D eigenvalue weighted by Gasteiger charge is 2.41. The van der Waals surface area contributed by atoms with Crippen LogP contribution in [-0.4, -0.2) is 35.1 Å². The van der Waals surface area contributed by atoms with Crippen LogP contribution in [-0.2, 0) is 4.79 Å². The van der Waals surface area contributed by atoms with E-state index in [1.807, 2.05) is 6.92 Å². The fourth-order valence-corrected chi connectivity index (χ4v) is 4.07. The minimum Gasteiger partial charge on any atom is -0.481 e. The lowest BCUT2D eigenvalue weighted by atomic mass is 9.70. The van der Waals surface area contributed by atoms with Gasteiger partial charge in [-0.1, -0.05) is 20.8 Å². The molecule has 2 aliphatic rings. The van der Waals surface area contributed by atoms with Crippen LogP contribution >= 0.6 is 0 Å². The molecule has 1 unspecified atom stereocenters. The van der Waals surface area contributed by atoms with E-state index in [1.54, 1.807) is 0 Å². The van der Waals surface area contributed by atoms with Crippen LogP contribution in [0.4, 0.5) is 0 Å². The standard InChI is InChI=1S/C17H31NO2/c1-16(2,3)13-6-8-14(9-7-13)18-11-5-10-17(4,12-18)15(19)20/h13-14H,5-12H2,1-4H3,(H,19,20). The number of carboxylic acids is 1. The Hall–Kier alpha value is -0.570. The third-order valence-electron chi connectivity index (χ3n) is 5.68. The Morgan fingerprint density at radius 1 is 1.20 bits per heavy atom. The van der Waals surface area contributed by atoms with Crippen molar-refractivity contribution in [2.24, 2.45) is 16.7 Å². The monoisotopic (exact) mass is 281 g/mol. The average Bonchev–Trinajstić information content (AvgIpc) is 2.38. The minimum absolute atomic E-state index is 0.419. The Morgan fingerprint density at radius 3 is 2.30 bits per heavy atom. The molecular weight excluding hydrogens is 250 g/mol. The highest BCUT2D eigenvalue weighted by molar-refractivity contribution is 5.74. The van der Waals surface area contributed by atoms with Gasteiger partial charge in [-0.15, -0.1) is 0 Å². The number of aliphatic carboxylic acids is 1. The number of rotatable bonds is 2. The van der Waals surface area contributed by atoms with E-state index in [4.69, 9.17) is 0 Å². The molecule has 0 amide bonds. The van der Waals surface area contributed by atoms with Crippen LogP contribution in [0.5, 0.6) is 0 Å². The summed E-state index contributed by atoms with van der Waals surface area (Å²) in [6.45, 7) is 10.8. The van der Waals surface area contributed by atoms with Crippen LogP contribution in [0.2, 0.25) is 0 Å². The normalized spacial score (nSPS) is 36.8. The van der Waals surface area contributed by atoms with Gasteiger partial charge in [0, 0.05) is 12.6 Å². The lowest BCUT2D eigenvalue weighted by Gasteiger charge is -2.45. The summed E-state index contributed by atoms with van der Waals surface area (Å²) in [5.41, 5.74) is -0.110. The van der Waals surface area contributed by atoms with Crippen molar-refractivity contribution in [1.82, 2.24) is 4.90 Å². The number of likely N-dealkylation sites (tertiary alicyclic amines) is 1. The van der Waals surface area contributed by atoms with Gasteiger partial charge in [-0.05, 0) is 63.3 Å². The molecule has 20 heavy (non-hydrogen) atoms. The first-order valence-corrected chi connectivity index (χ1v) is 8.20.